The summed E-state index contributed by atoms with van der Waals surface area (Å²) in [5.74, 6) is 0. The fraction of sp³-hybridized carbons (Fsp3) is 1.00. The Kier molecular flexibility index (Phi) is 2.13. The summed E-state index contributed by atoms with van der Waals surface area (Å²) in [6.07, 6.45) is 0. The highest BCUT2D eigenvalue weighted by molar-refractivity contribution is 8.01. The highest BCUT2D eigenvalue weighted by Gasteiger charge is 2.28. The predicted octanol–water partition coefficient (Wildman–Crippen LogP) is -0.613. The van der Waals surface area contributed by atoms with Crippen LogP contribution in [0.5, 0.6) is 0 Å². The number of rotatable bonds is 2. The number of thioether (sulfide) groups is 1. The van der Waals surface area contributed by atoms with E-state index in [0.29, 0.717) is 0 Å². The van der Waals surface area contributed by atoms with Crippen molar-refractivity contribution in [3.8, 4) is 0 Å². The van der Waals surface area contributed by atoms with Crippen LogP contribution in [0.3, 0.4) is 0 Å². The van der Waals surface area contributed by atoms with Crippen molar-refractivity contribution < 1.29 is 14.9 Å². The maximum absolute atomic E-state index is 8.37. The van der Waals surface area contributed by atoms with Gasteiger partial charge in [0.1, 0.15) is 10.9 Å². The lowest BCUT2D eigenvalue weighted by molar-refractivity contribution is -0.00606. The van der Waals surface area contributed by atoms with E-state index in [1.54, 1.807) is 0 Å². The summed E-state index contributed by atoms with van der Waals surface area (Å²) in [6, 6.07) is 0. The molecule has 0 aliphatic carbocycles. The molecule has 0 aromatic carbocycles. The zero-order valence-electron chi connectivity index (χ0n) is 4.28. The Morgan fingerprint density at radius 3 is 1.88 bits per heavy atom. The SMILES string of the molecule is OCC1OC(CO)S1. The second-order valence-electron chi connectivity index (χ2n) is 1.50. The topological polar surface area (TPSA) is 49.7 Å². The van der Waals surface area contributed by atoms with Crippen molar-refractivity contribution in [1.82, 2.24) is 0 Å². The van der Waals surface area contributed by atoms with Crippen LogP contribution in [-0.4, -0.2) is 34.3 Å². The standard InChI is InChI=1S/C4H8O3S/c5-1-3-7-4(2-6)8-3/h3-6H,1-2H2. The summed E-state index contributed by atoms with van der Waals surface area (Å²) in [4.78, 5) is 0. The summed E-state index contributed by atoms with van der Waals surface area (Å²) in [5, 5.41) is 16.7. The van der Waals surface area contributed by atoms with Crippen LogP contribution in [0.15, 0.2) is 0 Å². The number of ether oxygens (including phenoxy) is 1. The number of aliphatic hydroxyl groups excluding tert-OH is 2. The van der Waals surface area contributed by atoms with Gasteiger partial charge in [-0.15, -0.1) is 0 Å². The van der Waals surface area contributed by atoms with E-state index in [-0.39, 0.29) is 24.1 Å². The smallest absolute Gasteiger partial charge is 0.130 e. The van der Waals surface area contributed by atoms with Gasteiger partial charge in [-0.2, -0.15) is 0 Å². The molecule has 2 unspecified atom stereocenters. The molecule has 0 spiro atoms. The molecule has 0 aromatic rings. The molecule has 1 rings (SSSR count). The zero-order chi connectivity index (χ0) is 5.98. The Labute approximate surface area is 51.7 Å². The molecule has 2 N–H and O–H groups in total. The van der Waals surface area contributed by atoms with Gasteiger partial charge in [-0.05, 0) is 0 Å². The van der Waals surface area contributed by atoms with Crippen LogP contribution in [0.4, 0.5) is 0 Å². The minimum Gasteiger partial charge on any atom is -0.393 e. The molecule has 1 aliphatic rings. The summed E-state index contributed by atoms with van der Waals surface area (Å²) in [5.41, 5.74) is -0.181. The molecule has 48 valence electrons. The number of aliphatic hydroxyl groups is 2. The number of hydrogen-bond donors (Lipinski definition) is 2. The molecule has 0 radical (unpaired) electrons. The van der Waals surface area contributed by atoms with Gasteiger partial charge in [-0.3, -0.25) is 0 Å². The highest BCUT2D eigenvalue weighted by atomic mass is 32.2. The van der Waals surface area contributed by atoms with Gasteiger partial charge in [-0.1, -0.05) is 11.8 Å². The lowest BCUT2D eigenvalue weighted by atomic mass is 10.7. The van der Waals surface area contributed by atoms with E-state index in [0.717, 1.165) is 0 Å². The van der Waals surface area contributed by atoms with Crippen molar-refractivity contribution in [2.24, 2.45) is 0 Å². The lowest BCUT2D eigenvalue weighted by Gasteiger charge is -2.32. The van der Waals surface area contributed by atoms with Crippen LogP contribution >= 0.6 is 11.8 Å². The van der Waals surface area contributed by atoms with Crippen molar-refractivity contribution in [1.29, 1.82) is 0 Å². The molecule has 0 amide bonds. The van der Waals surface area contributed by atoms with Gasteiger partial charge >= 0.3 is 0 Å². The fourth-order valence-electron chi connectivity index (χ4n) is 0.521. The summed E-state index contributed by atoms with van der Waals surface area (Å²) >= 11 is 1.45. The van der Waals surface area contributed by atoms with Crippen molar-refractivity contribution >= 4 is 11.8 Å². The minimum atomic E-state index is -0.0906. The average Bonchev–Trinajstić information content (AvgIpc) is 1.65. The molecule has 0 saturated carbocycles. The first-order chi connectivity index (χ1) is 3.86. The fourth-order valence-corrected chi connectivity index (χ4v) is 1.25. The van der Waals surface area contributed by atoms with Gasteiger partial charge in [0.05, 0.1) is 13.2 Å². The largest absolute Gasteiger partial charge is 0.393 e. The van der Waals surface area contributed by atoms with E-state index in [9.17, 15) is 0 Å². The maximum atomic E-state index is 8.37. The second kappa shape index (κ2) is 2.68. The van der Waals surface area contributed by atoms with Crippen LogP contribution in [0.25, 0.3) is 0 Å². The molecular formula is C4H8O3S. The van der Waals surface area contributed by atoms with Crippen LogP contribution < -0.4 is 0 Å². The van der Waals surface area contributed by atoms with Gasteiger partial charge in [-0.25, -0.2) is 0 Å². The zero-order valence-corrected chi connectivity index (χ0v) is 5.10. The molecule has 0 aromatic heterocycles. The minimum absolute atomic E-state index is 0.0428. The van der Waals surface area contributed by atoms with Crippen LogP contribution in [-0.2, 0) is 4.74 Å². The normalized spacial score (nSPS) is 36.8. The Balaban J connectivity index is 2.03. The van der Waals surface area contributed by atoms with Gasteiger partial charge in [0.25, 0.3) is 0 Å². The third-order valence-corrected chi connectivity index (χ3v) is 2.03. The van der Waals surface area contributed by atoms with Gasteiger partial charge < -0.3 is 14.9 Å². The van der Waals surface area contributed by atoms with E-state index in [1.807, 2.05) is 0 Å². The number of hydrogen-bond acceptors (Lipinski definition) is 4. The van der Waals surface area contributed by atoms with Gasteiger partial charge in [0, 0.05) is 0 Å². The quantitative estimate of drug-likeness (QED) is 0.531. The van der Waals surface area contributed by atoms with Crippen LogP contribution in [0, 0.1) is 0 Å². The summed E-state index contributed by atoms with van der Waals surface area (Å²) in [7, 11) is 0. The van der Waals surface area contributed by atoms with Crippen molar-refractivity contribution in [3.05, 3.63) is 0 Å². The summed E-state index contributed by atoms with van der Waals surface area (Å²) < 4.78 is 4.90. The Bertz CT molecular complexity index is 63.7. The van der Waals surface area contributed by atoms with E-state index >= 15 is 0 Å². The molecule has 8 heavy (non-hydrogen) atoms. The molecule has 1 saturated heterocycles. The van der Waals surface area contributed by atoms with Crippen molar-refractivity contribution in [2.45, 2.75) is 10.9 Å². The molecule has 0 bridgehead atoms. The molecule has 1 heterocycles. The van der Waals surface area contributed by atoms with E-state index in [2.05, 4.69) is 0 Å². The molecule has 4 heteroatoms. The van der Waals surface area contributed by atoms with Gasteiger partial charge in [0.15, 0.2) is 0 Å². The summed E-state index contributed by atoms with van der Waals surface area (Å²) in [6.45, 7) is 0.0856. The Hall–Kier alpha value is 0.230. The highest BCUT2D eigenvalue weighted by Crippen LogP contribution is 2.31. The van der Waals surface area contributed by atoms with Crippen molar-refractivity contribution in [2.75, 3.05) is 13.2 Å². The molecule has 1 fully saturated rings. The molecule has 3 nitrogen and oxygen atoms in total. The maximum Gasteiger partial charge on any atom is 0.130 e. The second-order valence-corrected chi connectivity index (χ2v) is 2.82. The molecular weight excluding hydrogens is 128 g/mol. The van der Waals surface area contributed by atoms with E-state index in [1.165, 1.54) is 11.8 Å². The van der Waals surface area contributed by atoms with E-state index < -0.39 is 0 Å². The molecule has 2 atom stereocenters. The van der Waals surface area contributed by atoms with Gasteiger partial charge in [0.2, 0.25) is 0 Å². The first-order valence-corrected chi connectivity index (χ1v) is 3.33. The lowest BCUT2D eigenvalue weighted by Crippen LogP contribution is -2.35. The van der Waals surface area contributed by atoms with Crippen LogP contribution in [0.1, 0.15) is 0 Å². The first-order valence-electron chi connectivity index (χ1n) is 2.39. The Morgan fingerprint density at radius 2 is 1.62 bits per heavy atom. The van der Waals surface area contributed by atoms with E-state index in [4.69, 9.17) is 14.9 Å². The van der Waals surface area contributed by atoms with Crippen molar-refractivity contribution in [3.63, 3.8) is 0 Å². The third kappa shape index (κ3) is 1.14. The third-order valence-electron chi connectivity index (χ3n) is 0.905. The van der Waals surface area contributed by atoms with Crippen LogP contribution in [0.2, 0.25) is 0 Å². The Morgan fingerprint density at radius 1 is 1.25 bits per heavy atom. The first kappa shape index (κ1) is 6.35. The molecule has 1 aliphatic heterocycles. The average molecular weight is 136 g/mol. The predicted molar refractivity (Wildman–Crippen MR) is 30.4 cm³/mol. The monoisotopic (exact) mass is 136 g/mol.